The number of aliphatic hydroxyl groups is 1. The second kappa shape index (κ2) is 10.9. The number of carbonyl (C=O) groups excluding carboxylic acids is 3. The number of nitrogens with zero attached hydrogens (tertiary/aromatic N) is 2. The SMILES string of the molecule is CN(CCCC(=O)C(N)CCCCN)C(=O)Oc1ccc2c3c1O[C@H]1C(=O)CC[C@@]4(O)[C@@H](C2)[N@@+](C)(CC2CC2)CC[C@]314. The Bertz CT molecular complexity index is 1270. The van der Waals surface area contributed by atoms with Crippen LogP contribution in [0.1, 0.15) is 75.3 Å². The number of Topliss-reactive ketones (excluding diaryl/α,β-unsaturated/α-hetero) is 2. The van der Waals surface area contributed by atoms with Gasteiger partial charge in [0, 0.05) is 50.8 Å². The van der Waals surface area contributed by atoms with Crippen LogP contribution in [-0.2, 0) is 21.4 Å². The molecule has 6 rings (SSSR count). The van der Waals surface area contributed by atoms with Crippen molar-refractivity contribution in [1.29, 1.82) is 0 Å². The van der Waals surface area contributed by atoms with Gasteiger partial charge in [-0.1, -0.05) is 12.5 Å². The largest absolute Gasteiger partial charge is 0.477 e. The predicted octanol–water partition coefficient (Wildman–Crippen LogP) is 2.20. The summed E-state index contributed by atoms with van der Waals surface area (Å²) in [6.07, 6.45) is 6.37. The number of carbonyl (C=O) groups is 3. The van der Waals surface area contributed by atoms with Gasteiger partial charge in [-0.05, 0) is 56.7 Å². The highest BCUT2D eigenvalue weighted by Gasteiger charge is 2.76. The van der Waals surface area contributed by atoms with Crippen molar-refractivity contribution in [3.63, 3.8) is 0 Å². The molecule has 2 bridgehead atoms. The fraction of sp³-hybridized carbons (Fsp3) is 0.719. The lowest BCUT2D eigenvalue weighted by Crippen LogP contribution is -2.80. The lowest BCUT2D eigenvalue weighted by atomic mass is 9.48. The molecule has 3 fully saturated rings. The third-order valence-corrected chi connectivity index (χ3v) is 11.1. The maximum atomic E-state index is 13.3. The van der Waals surface area contributed by atoms with E-state index in [2.05, 4.69) is 7.05 Å². The molecular formula is C32H47N4O6+. The second-order valence-electron chi connectivity index (χ2n) is 13.8. The fourth-order valence-corrected chi connectivity index (χ4v) is 8.62. The monoisotopic (exact) mass is 583 g/mol. The number of likely N-dealkylation sites (N-methyl/N-ethyl adjacent to an activating group) is 1. The van der Waals surface area contributed by atoms with E-state index in [1.165, 1.54) is 17.7 Å². The van der Waals surface area contributed by atoms with Crippen molar-refractivity contribution < 1.29 is 33.4 Å². The second-order valence-corrected chi connectivity index (χ2v) is 13.8. The number of piperidine rings is 1. The Morgan fingerprint density at radius 3 is 2.76 bits per heavy atom. The van der Waals surface area contributed by atoms with Crippen molar-refractivity contribution in [3.05, 3.63) is 23.3 Å². The Kier molecular flexibility index (Phi) is 7.65. The van der Waals surface area contributed by atoms with Crippen LogP contribution >= 0.6 is 0 Å². The van der Waals surface area contributed by atoms with E-state index in [1.54, 1.807) is 13.1 Å². The van der Waals surface area contributed by atoms with Crippen LogP contribution in [0, 0.1) is 5.92 Å². The maximum absolute atomic E-state index is 13.3. The highest BCUT2D eigenvalue weighted by molar-refractivity contribution is 5.90. The van der Waals surface area contributed by atoms with E-state index in [0.29, 0.717) is 63.8 Å². The molecule has 230 valence electrons. The number of ketones is 2. The summed E-state index contributed by atoms with van der Waals surface area (Å²) in [7, 11) is 3.92. The minimum atomic E-state index is -1.05. The van der Waals surface area contributed by atoms with E-state index < -0.39 is 29.3 Å². The molecule has 2 heterocycles. The molecule has 10 heteroatoms. The minimum Gasteiger partial charge on any atom is -0.477 e. The highest BCUT2D eigenvalue weighted by Crippen LogP contribution is 2.66. The Labute approximate surface area is 248 Å². The summed E-state index contributed by atoms with van der Waals surface area (Å²) in [5, 5.41) is 12.6. The number of rotatable bonds is 12. The molecule has 42 heavy (non-hydrogen) atoms. The van der Waals surface area contributed by atoms with E-state index in [9.17, 15) is 19.5 Å². The van der Waals surface area contributed by atoms with Crippen LogP contribution < -0.4 is 20.9 Å². The van der Waals surface area contributed by atoms with E-state index in [1.807, 2.05) is 6.07 Å². The molecule has 0 aromatic heterocycles. The molecule has 1 spiro atoms. The molecule has 5 aliphatic rings. The Balaban J connectivity index is 1.19. The first-order chi connectivity index (χ1) is 20.0. The first-order valence-electron chi connectivity index (χ1n) is 15.9. The normalized spacial score (nSPS) is 33.0. The Hall–Kier alpha value is -2.53. The van der Waals surface area contributed by atoms with Gasteiger partial charge in [0.15, 0.2) is 23.4 Å². The van der Waals surface area contributed by atoms with Gasteiger partial charge in [-0.3, -0.25) is 9.59 Å². The molecule has 1 unspecified atom stereocenters. The summed E-state index contributed by atoms with van der Waals surface area (Å²) in [6, 6.07) is 3.27. The molecule has 1 aromatic carbocycles. The number of hydrogen-bond acceptors (Lipinski definition) is 8. The smallest absolute Gasteiger partial charge is 0.415 e. The molecule has 1 amide bonds. The van der Waals surface area contributed by atoms with Gasteiger partial charge in [0.2, 0.25) is 0 Å². The van der Waals surface area contributed by atoms with E-state index >= 15 is 0 Å². The zero-order valence-corrected chi connectivity index (χ0v) is 25.1. The van der Waals surface area contributed by atoms with E-state index in [-0.39, 0.29) is 23.4 Å². The topological polar surface area (TPSA) is 145 Å². The van der Waals surface area contributed by atoms with Crippen molar-refractivity contribution in [2.24, 2.45) is 17.4 Å². The van der Waals surface area contributed by atoms with Crippen molar-refractivity contribution in [3.8, 4) is 11.5 Å². The van der Waals surface area contributed by atoms with Gasteiger partial charge in [-0.25, -0.2) is 4.79 Å². The van der Waals surface area contributed by atoms with Crippen LogP contribution in [0.4, 0.5) is 4.79 Å². The molecule has 2 saturated carbocycles. The van der Waals surface area contributed by atoms with E-state index in [0.717, 1.165) is 47.5 Å². The van der Waals surface area contributed by atoms with Gasteiger partial charge in [0.1, 0.15) is 17.4 Å². The Morgan fingerprint density at radius 2 is 2.02 bits per heavy atom. The van der Waals surface area contributed by atoms with Crippen LogP contribution in [0.5, 0.6) is 11.5 Å². The predicted molar refractivity (Wildman–Crippen MR) is 156 cm³/mol. The van der Waals surface area contributed by atoms with Gasteiger partial charge in [0.05, 0.1) is 31.6 Å². The molecular weight excluding hydrogens is 536 g/mol. The molecule has 3 aliphatic carbocycles. The van der Waals surface area contributed by atoms with Crippen LogP contribution in [-0.4, -0.2) is 96.2 Å². The summed E-state index contributed by atoms with van der Waals surface area (Å²) in [4.78, 5) is 40.3. The molecule has 1 saturated heterocycles. The number of amides is 1. The molecule has 0 radical (unpaired) electrons. The first-order valence-corrected chi connectivity index (χ1v) is 15.9. The van der Waals surface area contributed by atoms with Crippen LogP contribution in [0.25, 0.3) is 0 Å². The van der Waals surface area contributed by atoms with Gasteiger partial charge in [0.25, 0.3) is 0 Å². The standard InChI is InChI=1S/C32H47N4O6/c1-35(16-5-7-23(37)22(34)6-3-4-15-33)30(39)41-25-11-10-21-18-26-32(40)13-12-24(38)29-31(32,27(21)28(25)42-29)14-17-36(26,2)19-20-8-9-20/h10-11,20,22,26,29,40H,3-9,12-19,33-34H2,1-2H3/q+1/t22?,26-,29+,31+,32-,36-/m1/s1. The third kappa shape index (κ3) is 4.66. The minimum absolute atomic E-state index is 0.000485. The number of benzene rings is 1. The summed E-state index contributed by atoms with van der Waals surface area (Å²) < 4.78 is 13.1. The fourth-order valence-electron chi connectivity index (χ4n) is 8.62. The van der Waals surface area contributed by atoms with Gasteiger partial charge in [-0.15, -0.1) is 0 Å². The summed E-state index contributed by atoms with van der Waals surface area (Å²) >= 11 is 0. The number of likely N-dealkylation sites (tertiary alicyclic amines) is 1. The van der Waals surface area contributed by atoms with E-state index in [4.69, 9.17) is 20.9 Å². The Morgan fingerprint density at radius 1 is 1.24 bits per heavy atom. The van der Waals surface area contributed by atoms with Gasteiger partial charge in [-0.2, -0.15) is 0 Å². The summed E-state index contributed by atoms with van der Waals surface area (Å²) in [5.74, 6) is 1.44. The first kappa shape index (κ1) is 29.5. The van der Waals surface area contributed by atoms with Crippen LogP contribution in [0.3, 0.4) is 0 Å². The lowest BCUT2D eigenvalue weighted by Gasteiger charge is -2.64. The zero-order chi connectivity index (χ0) is 29.9. The van der Waals surface area contributed by atoms with Crippen molar-refractivity contribution in [2.45, 2.75) is 99.8 Å². The third-order valence-electron chi connectivity index (χ3n) is 11.1. The average molecular weight is 584 g/mol. The van der Waals surface area contributed by atoms with Crippen LogP contribution in [0.2, 0.25) is 0 Å². The molecule has 2 aliphatic heterocycles. The number of nitrogens with two attached hydrogens (primary N) is 2. The molecule has 1 aromatic rings. The maximum Gasteiger partial charge on any atom is 0.415 e. The molecule has 10 nitrogen and oxygen atoms in total. The van der Waals surface area contributed by atoms with Crippen molar-refractivity contribution in [2.75, 3.05) is 40.3 Å². The number of unbranched alkanes of at least 4 members (excludes halogenated alkanes) is 1. The van der Waals surface area contributed by atoms with Gasteiger partial charge < -0.3 is 35.4 Å². The summed E-state index contributed by atoms with van der Waals surface area (Å²) in [5.41, 5.74) is 11.6. The summed E-state index contributed by atoms with van der Waals surface area (Å²) in [6.45, 7) is 2.88. The quantitative estimate of drug-likeness (QED) is 0.251. The van der Waals surface area contributed by atoms with Crippen molar-refractivity contribution in [1.82, 2.24) is 4.90 Å². The highest BCUT2D eigenvalue weighted by atomic mass is 16.6. The average Bonchev–Trinajstić information content (AvgIpc) is 3.69. The molecule has 5 N–H and O–H groups in total. The number of hydrogen-bond donors (Lipinski definition) is 3. The van der Waals surface area contributed by atoms with Gasteiger partial charge >= 0.3 is 6.09 Å². The van der Waals surface area contributed by atoms with Crippen LogP contribution in [0.15, 0.2) is 12.1 Å². The van der Waals surface area contributed by atoms with Crippen molar-refractivity contribution >= 4 is 17.7 Å². The number of ether oxygens (including phenoxy) is 2. The zero-order valence-electron chi connectivity index (χ0n) is 25.1. The molecule has 6 atom stereocenters. The lowest BCUT2D eigenvalue weighted by molar-refractivity contribution is -0.950. The number of quaternary nitrogens is 1.